The van der Waals surface area contributed by atoms with E-state index in [1.165, 1.54) is 0 Å². The minimum Gasteiger partial charge on any atom is -0.264 e. The Morgan fingerprint density at radius 2 is 1.39 bits per heavy atom. The monoisotopic (exact) mass is 447 g/mol. The van der Waals surface area contributed by atoms with Crippen molar-refractivity contribution in [2.45, 2.75) is 19.8 Å². The third-order valence-corrected chi connectivity index (χ3v) is 5.58. The summed E-state index contributed by atoms with van der Waals surface area (Å²) in [5.41, 5.74) is 4.13. The summed E-state index contributed by atoms with van der Waals surface area (Å²) in [5, 5.41) is 10.6. The van der Waals surface area contributed by atoms with E-state index in [1.807, 2.05) is 50.2 Å². The van der Waals surface area contributed by atoms with Gasteiger partial charge in [-0.3, -0.25) is 9.13 Å². The Balaban J connectivity index is 2.13. The molecule has 4 nitrogen and oxygen atoms in total. The van der Waals surface area contributed by atoms with Crippen molar-refractivity contribution in [3.05, 3.63) is 105 Å². The van der Waals surface area contributed by atoms with Crippen molar-refractivity contribution in [3.63, 3.8) is 0 Å². The fourth-order valence-electron chi connectivity index (χ4n) is 3.73. The Morgan fingerprint density at radius 1 is 0.839 bits per heavy atom. The summed E-state index contributed by atoms with van der Waals surface area (Å²) in [6, 6.07) is 23.8. The molecule has 1 heterocycles. The van der Waals surface area contributed by atoms with E-state index in [2.05, 4.69) is 6.07 Å². The van der Waals surface area contributed by atoms with Gasteiger partial charge in [-0.2, -0.15) is 5.26 Å². The van der Waals surface area contributed by atoms with E-state index in [0.717, 1.165) is 22.6 Å². The second-order valence-corrected chi connectivity index (χ2v) is 8.36. The molecule has 0 fully saturated rings. The van der Waals surface area contributed by atoms with Crippen molar-refractivity contribution in [1.29, 1.82) is 5.26 Å². The van der Waals surface area contributed by atoms with Crippen molar-refractivity contribution in [3.8, 4) is 28.7 Å². The standard InChI is InChI=1S/C25H19Cl2N3O/c1-16(2)23-24(18-5-3-4-17(14-18)15-28)30(22-12-8-20(27)9-13-22)25(31)29(23)21-10-6-19(26)7-11-21/h3-14,16H,1-2H3. The van der Waals surface area contributed by atoms with Gasteiger partial charge in [0.25, 0.3) is 0 Å². The van der Waals surface area contributed by atoms with E-state index in [4.69, 9.17) is 23.2 Å². The lowest BCUT2D eigenvalue weighted by atomic mass is 10.0. The molecule has 3 aromatic carbocycles. The molecule has 1 aromatic heterocycles. The lowest BCUT2D eigenvalue weighted by molar-refractivity contribution is 0.775. The van der Waals surface area contributed by atoms with Gasteiger partial charge in [0.15, 0.2) is 0 Å². The SMILES string of the molecule is CC(C)c1c(-c2cccc(C#N)c2)n(-c2ccc(Cl)cc2)c(=O)n1-c1ccc(Cl)cc1. The summed E-state index contributed by atoms with van der Waals surface area (Å²) < 4.78 is 3.39. The van der Waals surface area contributed by atoms with Crippen LogP contribution >= 0.6 is 23.2 Å². The number of hydrogen-bond acceptors (Lipinski definition) is 2. The Kier molecular flexibility index (Phi) is 5.73. The molecule has 0 spiro atoms. The van der Waals surface area contributed by atoms with Gasteiger partial charge in [-0.25, -0.2) is 4.79 Å². The summed E-state index contributed by atoms with van der Waals surface area (Å²) in [6.45, 7) is 4.09. The fourth-order valence-corrected chi connectivity index (χ4v) is 3.99. The average molecular weight is 448 g/mol. The van der Waals surface area contributed by atoms with E-state index < -0.39 is 0 Å². The van der Waals surface area contributed by atoms with Crippen LogP contribution in [0.3, 0.4) is 0 Å². The zero-order valence-electron chi connectivity index (χ0n) is 17.0. The largest absolute Gasteiger partial charge is 0.338 e. The summed E-state index contributed by atoms with van der Waals surface area (Å²) in [6.07, 6.45) is 0. The third kappa shape index (κ3) is 3.90. The Hall–Kier alpha value is -3.26. The second kappa shape index (κ2) is 8.47. The molecule has 6 heteroatoms. The zero-order chi connectivity index (χ0) is 22.1. The Bertz CT molecular complexity index is 1340. The van der Waals surface area contributed by atoms with E-state index in [0.29, 0.717) is 21.3 Å². The van der Waals surface area contributed by atoms with Crippen LogP contribution in [-0.2, 0) is 0 Å². The highest BCUT2D eigenvalue weighted by atomic mass is 35.5. The van der Waals surface area contributed by atoms with Crippen LogP contribution in [0.25, 0.3) is 22.6 Å². The van der Waals surface area contributed by atoms with Gasteiger partial charge in [0.1, 0.15) is 0 Å². The fraction of sp³-hybridized carbons (Fsp3) is 0.120. The van der Waals surface area contributed by atoms with Crippen LogP contribution in [0.2, 0.25) is 10.0 Å². The number of rotatable bonds is 4. The molecule has 0 amide bonds. The first-order valence-corrected chi connectivity index (χ1v) is 10.6. The van der Waals surface area contributed by atoms with Crippen LogP contribution in [0, 0.1) is 11.3 Å². The molecule has 0 saturated heterocycles. The number of aromatic nitrogens is 2. The molecular formula is C25H19Cl2N3O. The molecule has 0 aliphatic rings. The zero-order valence-corrected chi connectivity index (χ0v) is 18.5. The van der Waals surface area contributed by atoms with E-state index in [1.54, 1.807) is 45.5 Å². The summed E-state index contributed by atoms with van der Waals surface area (Å²) in [7, 11) is 0. The lowest BCUT2D eigenvalue weighted by Crippen LogP contribution is -2.23. The molecule has 0 aliphatic carbocycles. The molecule has 0 radical (unpaired) electrons. The van der Waals surface area contributed by atoms with Gasteiger partial charge in [-0.15, -0.1) is 0 Å². The van der Waals surface area contributed by atoms with Crippen LogP contribution in [-0.4, -0.2) is 9.13 Å². The number of nitrogens with zero attached hydrogens (tertiary/aromatic N) is 3. The highest BCUT2D eigenvalue weighted by molar-refractivity contribution is 6.30. The molecule has 0 saturated carbocycles. The van der Waals surface area contributed by atoms with Gasteiger partial charge in [0.2, 0.25) is 0 Å². The van der Waals surface area contributed by atoms with E-state index >= 15 is 0 Å². The first-order chi connectivity index (χ1) is 14.9. The van der Waals surface area contributed by atoms with Gasteiger partial charge < -0.3 is 0 Å². The average Bonchev–Trinajstić information content (AvgIpc) is 3.08. The van der Waals surface area contributed by atoms with Gasteiger partial charge in [-0.1, -0.05) is 49.2 Å². The first kappa shape index (κ1) is 21.0. The summed E-state index contributed by atoms with van der Waals surface area (Å²) in [4.78, 5) is 13.8. The number of benzene rings is 3. The molecule has 0 unspecified atom stereocenters. The van der Waals surface area contributed by atoms with E-state index in [9.17, 15) is 10.1 Å². The highest BCUT2D eigenvalue weighted by Crippen LogP contribution is 2.33. The van der Waals surface area contributed by atoms with E-state index in [-0.39, 0.29) is 11.6 Å². The van der Waals surface area contributed by atoms with Crippen molar-refractivity contribution < 1.29 is 0 Å². The molecule has 4 aromatic rings. The number of imidazole rings is 1. The molecular weight excluding hydrogens is 429 g/mol. The smallest absolute Gasteiger partial charge is 0.264 e. The molecule has 31 heavy (non-hydrogen) atoms. The minimum atomic E-state index is -0.203. The maximum Gasteiger partial charge on any atom is 0.338 e. The number of halogens is 2. The van der Waals surface area contributed by atoms with Crippen molar-refractivity contribution in [2.24, 2.45) is 0 Å². The highest BCUT2D eigenvalue weighted by Gasteiger charge is 2.25. The predicted molar refractivity (Wildman–Crippen MR) is 126 cm³/mol. The topological polar surface area (TPSA) is 50.7 Å². The Labute approximate surface area is 190 Å². The first-order valence-electron chi connectivity index (χ1n) is 9.80. The summed E-state index contributed by atoms with van der Waals surface area (Å²) in [5.74, 6) is 0.0256. The predicted octanol–water partition coefficient (Wildman–Crippen LogP) is 6.60. The number of nitriles is 1. The van der Waals surface area contributed by atoms with Crippen LogP contribution in [0.1, 0.15) is 31.0 Å². The van der Waals surface area contributed by atoms with Crippen molar-refractivity contribution in [2.75, 3.05) is 0 Å². The third-order valence-electron chi connectivity index (χ3n) is 5.07. The molecule has 154 valence electrons. The molecule has 0 N–H and O–H groups in total. The van der Waals surface area contributed by atoms with Crippen LogP contribution in [0.5, 0.6) is 0 Å². The van der Waals surface area contributed by atoms with Gasteiger partial charge in [0.05, 0.1) is 34.4 Å². The second-order valence-electron chi connectivity index (χ2n) is 7.49. The minimum absolute atomic E-state index is 0.0256. The molecule has 0 atom stereocenters. The van der Waals surface area contributed by atoms with Crippen LogP contribution < -0.4 is 5.69 Å². The Morgan fingerprint density at radius 3 is 1.90 bits per heavy atom. The van der Waals surface area contributed by atoms with Gasteiger partial charge >= 0.3 is 5.69 Å². The summed E-state index contributed by atoms with van der Waals surface area (Å²) >= 11 is 12.2. The molecule has 0 bridgehead atoms. The van der Waals surface area contributed by atoms with Crippen molar-refractivity contribution in [1.82, 2.24) is 9.13 Å². The number of hydrogen-bond donors (Lipinski definition) is 0. The maximum atomic E-state index is 13.8. The van der Waals surface area contributed by atoms with Gasteiger partial charge in [-0.05, 0) is 66.6 Å². The normalized spacial score (nSPS) is 11.0. The van der Waals surface area contributed by atoms with Crippen molar-refractivity contribution >= 4 is 23.2 Å². The quantitative estimate of drug-likeness (QED) is 0.353. The molecule has 0 aliphatic heterocycles. The molecule has 4 rings (SSSR count). The lowest BCUT2D eigenvalue weighted by Gasteiger charge is -2.14. The van der Waals surface area contributed by atoms with Gasteiger partial charge in [0, 0.05) is 15.6 Å². The maximum absolute atomic E-state index is 13.8. The van der Waals surface area contributed by atoms with Crippen LogP contribution in [0.15, 0.2) is 77.6 Å². The van der Waals surface area contributed by atoms with Crippen LogP contribution in [0.4, 0.5) is 0 Å².